The van der Waals surface area contributed by atoms with Crippen LogP contribution in [0.2, 0.25) is 0 Å². The zero-order valence-corrected chi connectivity index (χ0v) is 12.2. The van der Waals surface area contributed by atoms with Crippen molar-refractivity contribution in [3.8, 4) is 0 Å². The molecular formula is C12H23N3O3S. The highest BCUT2D eigenvalue weighted by Gasteiger charge is 2.34. The van der Waals surface area contributed by atoms with Crippen LogP contribution in [-0.4, -0.2) is 56.6 Å². The molecule has 0 aromatic rings. The first-order valence-corrected chi connectivity index (χ1v) is 8.59. The average Bonchev–Trinajstić information content (AvgIpc) is 2.41. The third-order valence-electron chi connectivity index (χ3n) is 4.04. The zero-order valence-electron chi connectivity index (χ0n) is 11.4. The number of amides is 1. The second-order valence-electron chi connectivity index (χ2n) is 5.38. The molecule has 0 saturated carbocycles. The first kappa shape index (κ1) is 14.7. The van der Waals surface area contributed by atoms with Gasteiger partial charge in [-0.05, 0) is 45.2 Å². The molecule has 0 aliphatic carbocycles. The van der Waals surface area contributed by atoms with Gasteiger partial charge in [0.1, 0.15) is 6.04 Å². The number of piperazine rings is 1. The Bertz CT molecular complexity index is 418. The van der Waals surface area contributed by atoms with Crippen molar-refractivity contribution in [2.24, 2.45) is 5.92 Å². The summed E-state index contributed by atoms with van der Waals surface area (Å²) in [5.41, 5.74) is 0. The van der Waals surface area contributed by atoms with Gasteiger partial charge in [-0.25, -0.2) is 8.42 Å². The van der Waals surface area contributed by atoms with E-state index in [0.29, 0.717) is 25.4 Å². The lowest BCUT2D eigenvalue weighted by atomic mass is 9.96. The highest BCUT2D eigenvalue weighted by molar-refractivity contribution is 7.89. The van der Waals surface area contributed by atoms with Crippen LogP contribution in [0, 0.1) is 5.92 Å². The van der Waals surface area contributed by atoms with Crippen LogP contribution in [0.1, 0.15) is 26.2 Å². The van der Waals surface area contributed by atoms with Crippen molar-refractivity contribution >= 4 is 15.9 Å². The molecule has 0 spiro atoms. The Balaban J connectivity index is 1.91. The van der Waals surface area contributed by atoms with Gasteiger partial charge >= 0.3 is 0 Å². The van der Waals surface area contributed by atoms with Crippen molar-refractivity contribution in [1.29, 1.82) is 0 Å². The molecule has 0 radical (unpaired) electrons. The van der Waals surface area contributed by atoms with E-state index in [1.807, 2.05) is 0 Å². The molecule has 0 aromatic heterocycles. The SMILES string of the molecule is CC1C(=O)NCCN1S(=O)(=O)CCC1CCNCC1. The molecule has 2 aliphatic rings. The largest absolute Gasteiger partial charge is 0.353 e. The van der Waals surface area contributed by atoms with Crippen molar-refractivity contribution < 1.29 is 13.2 Å². The second kappa shape index (κ2) is 6.19. The fraction of sp³-hybridized carbons (Fsp3) is 0.917. The average molecular weight is 289 g/mol. The summed E-state index contributed by atoms with van der Waals surface area (Å²) in [6.07, 6.45) is 2.80. The van der Waals surface area contributed by atoms with Crippen molar-refractivity contribution in [3.63, 3.8) is 0 Å². The molecule has 2 N–H and O–H groups in total. The summed E-state index contributed by atoms with van der Waals surface area (Å²) < 4.78 is 26.0. The monoisotopic (exact) mass is 289 g/mol. The predicted octanol–water partition coefficient (Wildman–Crippen LogP) is -0.474. The molecule has 1 unspecified atom stereocenters. The molecule has 2 aliphatic heterocycles. The van der Waals surface area contributed by atoms with Gasteiger partial charge in [0.05, 0.1) is 5.75 Å². The molecule has 0 aromatic carbocycles. The summed E-state index contributed by atoms with van der Waals surface area (Å²) in [6.45, 7) is 4.41. The molecule has 110 valence electrons. The molecule has 19 heavy (non-hydrogen) atoms. The van der Waals surface area contributed by atoms with Crippen LogP contribution < -0.4 is 10.6 Å². The Hall–Kier alpha value is -0.660. The highest BCUT2D eigenvalue weighted by Crippen LogP contribution is 2.19. The van der Waals surface area contributed by atoms with E-state index in [1.54, 1.807) is 6.92 Å². The lowest BCUT2D eigenvalue weighted by Crippen LogP contribution is -2.56. The summed E-state index contributed by atoms with van der Waals surface area (Å²) >= 11 is 0. The van der Waals surface area contributed by atoms with Gasteiger partial charge in [0.15, 0.2) is 0 Å². The summed E-state index contributed by atoms with van der Waals surface area (Å²) in [7, 11) is -3.31. The van der Waals surface area contributed by atoms with Gasteiger partial charge in [-0.1, -0.05) is 0 Å². The number of nitrogens with one attached hydrogen (secondary N) is 2. The van der Waals surface area contributed by atoms with Gasteiger partial charge in [-0.3, -0.25) is 4.79 Å². The summed E-state index contributed by atoms with van der Waals surface area (Å²) in [5, 5.41) is 5.96. The first-order chi connectivity index (χ1) is 9.00. The van der Waals surface area contributed by atoms with Crippen molar-refractivity contribution in [2.75, 3.05) is 31.9 Å². The second-order valence-corrected chi connectivity index (χ2v) is 7.42. The van der Waals surface area contributed by atoms with Crippen LogP contribution in [0.25, 0.3) is 0 Å². The van der Waals surface area contributed by atoms with Crippen LogP contribution in [0.15, 0.2) is 0 Å². The molecule has 2 rings (SSSR count). The predicted molar refractivity (Wildman–Crippen MR) is 73.2 cm³/mol. The quantitative estimate of drug-likeness (QED) is 0.733. The minimum atomic E-state index is -3.31. The van der Waals surface area contributed by atoms with E-state index >= 15 is 0 Å². The van der Waals surface area contributed by atoms with Crippen molar-refractivity contribution in [1.82, 2.24) is 14.9 Å². The van der Waals surface area contributed by atoms with E-state index in [2.05, 4.69) is 10.6 Å². The molecule has 1 amide bonds. The van der Waals surface area contributed by atoms with Crippen molar-refractivity contribution in [3.05, 3.63) is 0 Å². The third kappa shape index (κ3) is 3.67. The third-order valence-corrected chi connectivity index (χ3v) is 6.01. The molecule has 0 bridgehead atoms. The Morgan fingerprint density at radius 1 is 1.26 bits per heavy atom. The number of sulfonamides is 1. The fourth-order valence-corrected chi connectivity index (χ4v) is 4.56. The van der Waals surface area contributed by atoms with Gasteiger partial charge in [-0.2, -0.15) is 4.31 Å². The Kier molecular flexibility index (Phi) is 4.81. The lowest BCUT2D eigenvalue weighted by molar-refractivity contribution is -0.126. The van der Waals surface area contributed by atoms with E-state index < -0.39 is 16.1 Å². The van der Waals surface area contributed by atoms with Gasteiger partial charge in [0, 0.05) is 13.1 Å². The molecule has 7 heteroatoms. The maximum absolute atomic E-state index is 12.3. The van der Waals surface area contributed by atoms with E-state index in [1.165, 1.54) is 4.31 Å². The van der Waals surface area contributed by atoms with Crippen LogP contribution in [-0.2, 0) is 14.8 Å². The number of piperidine rings is 1. The first-order valence-electron chi connectivity index (χ1n) is 6.98. The van der Waals surface area contributed by atoms with Gasteiger partial charge < -0.3 is 10.6 Å². The van der Waals surface area contributed by atoms with Crippen LogP contribution in [0.3, 0.4) is 0 Å². The number of hydrogen-bond donors (Lipinski definition) is 2. The van der Waals surface area contributed by atoms with E-state index in [4.69, 9.17) is 0 Å². The van der Waals surface area contributed by atoms with Crippen LogP contribution >= 0.6 is 0 Å². The van der Waals surface area contributed by atoms with Crippen molar-refractivity contribution in [2.45, 2.75) is 32.2 Å². The standard InChI is InChI=1S/C12H23N3O3S/c1-10-12(16)14-7-8-15(10)19(17,18)9-4-11-2-5-13-6-3-11/h10-11,13H,2-9H2,1H3,(H,14,16). The van der Waals surface area contributed by atoms with Crippen LogP contribution in [0.5, 0.6) is 0 Å². The number of carbonyl (C=O) groups excluding carboxylic acids is 1. The Labute approximate surface area is 115 Å². The Morgan fingerprint density at radius 3 is 2.63 bits per heavy atom. The molecule has 2 fully saturated rings. The summed E-state index contributed by atoms with van der Waals surface area (Å²) in [4.78, 5) is 11.5. The van der Waals surface area contributed by atoms with E-state index in [9.17, 15) is 13.2 Å². The minimum absolute atomic E-state index is 0.162. The van der Waals surface area contributed by atoms with E-state index in [-0.39, 0.29) is 11.7 Å². The summed E-state index contributed by atoms with van der Waals surface area (Å²) in [5.74, 6) is 0.455. The fourth-order valence-electron chi connectivity index (χ4n) is 2.74. The maximum Gasteiger partial charge on any atom is 0.238 e. The normalized spacial score (nSPS) is 27.2. The smallest absolute Gasteiger partial charge is 0.238 e. The van der Waals surface area contributed by atoms with Gasteiger partial charge in [0.2, 0.25) is 15.9 Å². The van der Waals surface area contributed by atoms with E-state index in [0.717, 1.165) is 25.9 Å². The topological polar surface area (TPSA) is 78.5 Å². The number of rotatable bonds is 4. The number of hydrogen-bond acceptors (Lipinski definition) is 4. The molecule has 2 saturated heterocycles. The number of carbonyl (C=O) groups is 1. The molecule has 6 nitrogen and oxygen atoms in total. The molecular weight excluding hydrogens is 266 g/mol. The van der Waals surface area contributed by atoms with Crippen LogP contribution in [0.4, 0.5) is 0 Å². The molecule has 2 heterocycles. The zero-order chi connectivity index (χ0) is 13.9. The minimum Gasteiger partial charge on any atom is -0.353 e. The molecule has 1 atom stereocenters. The highest BCUT2D eigenvalue weighted by atomic mass is 32.2. The number of nitrogens with zero attached hydrogens (tertiary/aromatic N) is 1. The lowest BCUT2D eigenvalue weighted by Gasteiger charge is -2.32. The maximum atomic E-state index is 12.3. The summed E-state index contributed by atoms with van der Waals surface area (Å²) in [6, 6.07) is -0.577. The van der Waals surface area contributed by atoms with Gasteiger partial charge in [0.25, 0.3) is 0 Å². The van der Waals surface area contributed by atoms with Gasteiger partial charge in [-0.15, -0.1) is 0 Å². The Morgan fingerprint density at radius 2 is 1.95 bits per heavy atom.